The van der Waals surface area contributed by atoms with Crippen molar-refractivity contribution in [3.05, 3.63) is 0 Å². The van der Waals surface area contributed by atoms with E-state index < -0.39 is 5.54 Å². The van der Waals surface area contributed by atoms with Gasteiger partial charge in [0, 0.05) is 6.04 Å². The molecule has 0 spiro atoms. The van der Waals surface area contributed by atoms with Gasteiger partial charge in [0.2, 0.25) is 0 Å². The highest BCUT2D eigenvalue weighted by Crippen LogP contribution is 2.23. The summed E-state index contributed by atoms with van der Waals surface area (Å²) >= 11 is 0. The maximum Gasteiger partial charge on any atom is 0.325 e. The topological polar surface area (TPSA) is 41.6 Å². The van der Waals surface area contributed by atoms with Crippen LogP contribution in [0.1, 0.15) is 65.2 Å². The lowest BCUT2D eigenvalue weighted by molar-refractivity contribution is -0.148. The Kier molecular flexibility index (Phi) is 8.27. The molecule has 0 amide bonds. The van der Waals surface area contributed by atoms with Gasteiger partial charge in [-0.3, -0.25) is 4.79 Å². The first-order valence-electron chi connectivity index (χ1n) is 8.58. The molecule has 0 aromatic rings. The second-order valence-electron chi connectivity index (χ2n) is 6.45. The minimum Gasteiger partial charge on any atom is -0.468 e. The Hall–Kier alpha value is -0.610. The van der Waals surface area contributed by atoms with Crippen LogP contribution >= 0.6 is 0 Å². The zero-order valence-corrected chi connectivity index (χ0v) is 14.4. The highest BCUT2D eigenvalue weighted by Gasteiger charge is 2.31. The Morgan fingerprint density at radius 1 is 1.29 bits per heavy atom. The number of nitrogens with zero attached hydrogens (tertiary/aromatic N) is 1. The number of carbonyl (C=O) groups is 1. The second kappa shape index (κ2) is 9.42. The van der Waals surface area contributed by atoms with Crippen LogP contribution in [0.3, 0.4) is 0 Å². The van der Waals surface area contributed by atoms with Gasteiger partial charge in [-0.25, -0.2) is 0 Å². The summed E-state index contributed by atoms with van der Waals surface area (Å²) in [5, 5.41) is 3.11. The number of hydrogen-bond acceptors (Lipinski definition) is 4. The predicted molar refractivity (Wildman–Crippen MR) is 87.5 cm³/mol. The van der Waals surface area contributed by atoms with E-state index in [9.17, 15) is 4.79 Å². The first-order chi connectivity index (χ1) is 10.1. The van der Waals surface area contributed by atoms with Crippen LogP contribution in [-0.2, 0) is 9.53 Å². The third kappa shape index (κ3) is 5.59. The molecule has 1 aliphatic carbocycles. The van der Waals surface area contributed by atoms with E-state index in [2.05, 4.69) is 17.1 Å². The molecule has 0 heterocycles. The Balaban J connectivity index is 2.32. The summed E-state index contributed by atoms with van der Waals surface area (Å²) in [6.07, 6.45) is 9.96. The van der Waals surface area contributed by atoms with E-state index in [1.807, 2.05) is 14.0 Å². The lowest BCUT2D eigenvalue weighted by Gasteiger charge is -2.34. The maximum absolute atomic E-state index is 11.8. The normalized spacial score (nSPS) is 19.5. The quantitative estimate of drug-likeness (QED) is 0.525. The summed E-state index contributed by atoms with van der Waals surface area (Å²) in [5.74, 6) is -0.162. The molecule has 1 saturated carbocycles. The lowest BCUT2D eigenvalue weighted by Crippen LogP contribution is -2.48. The van der Waals surface area contributed by atoms with Crippen molar-refractivity contribution in [2.75, 3.05) is 27.2 Å². The van der Waals surface area contributed by atoms with Gasteiger partial charge in [0.05, 0.1) is 7.11 Å². The molecule has 1 atom stereocenters. The van der Waals surface area contributed by atoms with Crippen LogP contribution in [0.2, 0.25) is 0 Å². The molecule has 0 radical (unpaired) electrons. The Morgan fingerprint density at radius 3 is 2.48 bits per heavy atom. The van der Waals surface area contributed by atoms with Gasteiger partial charge in [0.15, 0.2) is 0 Å². The molecule has 0 aromatic heterocycles. The van der Waals surface area contributed by atoms with Crippen LogP contribution in [0.25, 0.3) is 0 Å². The first kappa shape index (κ1) is 18.4. The maximum atomic E-state index is 11.8. The molecule has 0 saturated heterocycles. The highest BCUT2D eigenvalue weighted by molar-refractivity contribution is 5.80. The Bertz CT molecular complexity index is 303. The monoisotopic (exact) mass is 298 g/mol. The van der Waals surface area contributed by atoms with Crippen LogP contribution < -0.4 is 5.32 Å². The number of hydrogen-bond donors (Lipinski definition) is 1. The van der Waals surface area contributed by atoms with Crippen molar-refractivity contribution < 1.29 is 9.53 Å². The molecular formula is C17H34N2O2. The fourth-order valence-corrected chi connectivity index (χ4v) is 3.39. The number of methoxy groups -OCH3 is 1. The summed E-state index contributed by atoms with van der Waals surface area (Å²) in [6.45, 7) is 6.49. The lowest BCUT2D eigenvalue weighted by atomic mass is 9.93. The summed E-state index contributed by atoms with van der Waals surface area (Å²) in [6, 6.07) is 0.792. The molecule has 1 rings (SSSR count). The molecule has 0 aliphatic heterocycles. The number of nitrogens with one attached hydrogen (secondary N) is 1. The standard InChI is InChI=1S/C17H34N2O2/c1-5-19(15-11-7-6-8-12-15)14-10-9-13-17(2,18-3)16(20)21-4/h15,18H,5-14H2,1-4H3. The van der Waals surface area contributed by atoms with Crippen LogP contribution in [-0.4, -0.2) is 49.7 Å². The molecule has 1 unspecified atom stereocenters. The molecular weight excluding hydrogens is 264 g/mol. The number of ether oxygens (including phenoxy) is 1. The summed E-state index contributed by atoms with van der Waals surface area (Å²) in [7, 11) is 3.29. The highest BCUT2D eigenvalue weighted by atomic mass is 16.5. The SMILES string of the molecule is CCN(CCCCC(C)(NC)C(=O)OC)C1CCCCC1. The van der Waals surface area contributed by atoms with Crippen molar-refractivity contribution in [2.45, 2.75) is 76.8 Å². The smallest absolute Gasteiger partial charge is 0.325 e. The van der Waals surface area contributed by atoms with E-state index in [1.165, 1.54) is 39.2 Å². The molecule has 4 heteroatoms. The molecule has 21 heavy (non-hydrogen) atoms. The summed E-state index contributed by atoms with van der Waals surface area (Å²) in [5.41, 5.74) is -0.545. The fraction of sp³-hybridized carbons (Fsp3) is 0.941. The third-order valence-electron chi connectivity index (χ3n) is 5.06. The zero-order chi connectivity index (χ0) is 15.7. The fourth-order valence-electron chi connectivity index (χ4n) is 3.39. The number of unbranched alkanes of at least 4 members (excludes halogenated alkanes) is 1. The van der Waals surface area contributed by atoms with Crippen LogP contribution in [0.15, 0.2) is 0 Å². The largest absolute Gasteiger partial charge is 0.468 e. The van der Waals surface area contributed by atoms with Crippen molar-refractivity contribution in [1.82, 2.24) is 10.2 Å². The Labute approximate surface area is 130 Å². The average Bonchev–Trinajstić information content (AvgIpc) is 2.54. The van der Waals surface area contributed by atoms with Crippen LogP contribution in [0.4, 0.5) is 0 Å². The number of carbonyl (C=O) groups excluding carboxylic acids is 1. The molecule has 124 valence electrons. The minimum atomic E-state index is -0.545. The van der Waals surface area contributed by atoms with Crippen molar-refractivity contribution in [3.8, 4) is 0 Å². The van der Waals surface area contributed by atoms with Gasteiger partial charge in [0.25, 0.3) is 0 Å². The van der Waals surface area contributed by atoms with Gasteiger partial charge in [-0.15, -0.1) is 0 Å². The number of rotatable bonds is 9. The predicted octanol–water partition coefficient (Wildman–Crippen LogP) is 2.96. The molecule has 1 N–H and O–H groups in total. The van der Waals surface area contributed by atoms with Crippen molar-refractivity contribution >= 4 is 5.97 Å². The van der Waals surface area contributed by atoms with Crippen molar-refractivity contribution in [3.63, 3.8) is 0 Å². The molecule has 4 nitrogen and oxygen atoms in total. The number of likely N-dealkylation sites (N-methyl/N-ethyl adjacent to an activating group) is 1. The van der Waals surface area contributed by atoms with Gasteiger partial charge in [-0.05, 0) is 59.2 Å². The molecule has 1 fully saturated rings. The van der Waals surface area contributed by atoms with E-state index in [0.717, 1.165) is 38.4 Å². The molecule has 0 aromatic carbocycles. The van der Waals surface area contributed by atoms with Gasteiger partial charge in [-0.2, -0.15) is 0 Å². The summed E-state index contributed by atoms with van der Waals surface area (Å²) < 4.78 is 4.89. The first-order valence-corrected chi connectivity index (χ1v) is 8.58. The van der Waals surface area contributed by atoms with Crippen molar-refractivity contribution in [1.29, 1.82) is 0 Å². The van der Waals surface area contributed by atoms with Crippen molar-refractivity contribution in [2.24, 2.45) is 0 Å². The van der Waals surface area contributed by atoms with Crippen LogP contribution in [0, 0.1) is 0 Å². The average molecular weight is 298 g/mol. The zero-order valence-electron chi connectivity index (χ0n) is 14.4. The minimum absolute atomic E-state index is 0.162. The number of esters is 1. The van der Waals surface area contributed by atoms with E-state index in [1.54, 1.807) is 0 Å². The van der Waals surface area contributed by atoms with Gasteiger partial charge < -0.3 is 15.0 Å². The molecule has 0 bridgehead atoms. The van der Waals surface area contributed by atoms with E-state index in [4.69, 9.17) is 4.74 Å². The van der Waals surface area contributed by atoms with E-state index in [0.29, 0.717) is 0 Å². The van der Waals surface area contributed by atoms with E-state index >= 15 is 0 Å². The van der Waals surface area contributed by atoms with Gasteiger partial charge >= 0.3 is 5.97 Å². The summed E-state index contributed by atoms with van der Waals surface area (Å²) in [4.78, 5) is 14.4. The molecule has 1 aliphatic rings. The Morgan fingerprint density at radius 2 is 1.95 bits per heavy atom. The second-order valence-corrected chi connectivity index (χ2v) is 6.45. The third-order valence-corrected chi connectivity index (χ3v) is 5.06. The van der Waals surface area contributed by atoms with Gasteiger partial charge in [0.1, 0.15) is 5.54 Å². The van der Waals surface area contributed by atoms with Crippen LogP contribution in [0.5, 0.6) is 0 Å². The van der Waals surface area contributed by atoms with E-state index in [-0.39, 0.29) is 5.97 Å². The van der Waals surface area contributed by atoms with Gasteiger partial charge in [-0.1, -0.05) is 26.2 Å².